The van der Waals surface area contributed by atoms with Crippen LogP contribution >= 0.6 is 15.9 Å². The number of nitrogens with zero attached hydrogens (tertiary/aromatic N) is 1. The molecule has 0 saturated carbocycles. The predicted molar refractivity (Wildman–Crippen MR) is 76.5 cm³/mol. The molecule has 2 rings (SSSR count). The zero-order valence-corrected chi connectivity index (χ0v) is 12.5. The van der Waals surface area contributed by atoms with Crippen molar-refractivity contribution in [2.45, 2.75) is 25.8 Å². The Hall–Kier alpha value is -0.940. The standard InChI is InChI=1S/C14H18BrFN2O/c1-10-9-18(7-6-17-10)14(19)5-3-11-2-4-12(15)8-13(11)16/h2,4,8,10,17H,3,5-7,9H2,1H3/t10-/m1/s1. The average molecular weight is 329 g/mol. The first-order chi connectivity index (χ1) is 9.06. The number of nitrogens with one attached hydrogen (secondary N) is 1. The SMILES string of the molecule is C[C@@H]1CN(C(=O)CCc2ccc(Br)cc2F)CCN1. The molecule has 0 bridgehead atoms. The maximum Gasteiger partial charge on any atom is 0.222 e. The Kier molecular flexibility index (Phi) is 4.93. The Labute approximate surface area is 121 Å². The van der Waals surface area contributed by atoms with Gasteiger partial charge in [-0.2, -0.15) is 0 Å². The molecular formula is C14H18BrFN2O. The molecule has 1 aromatic rings. The summed E-state index contributed by atoms with van der Waals surface area (Å²) in [4.78, 5) is 13.9. The molecule has 1 saturated heterocycles. The van der Waals surface area contributed by atoms with Crippen molar-refractivity contribution in [1.29, 1.82) is 0 Å². The summed E-state index contributed by atoms with van der Waals surface area (Å²) in [5, 5.41) is 3.30. The van der Waals surface area contributed by atoms with Crippen molar-refractivity contribution in [2.75, 3.05) is 19.6 Å². The van der Waals surface area contributed by atoms with Crippen LogP contribution in [-0.2, 0) is 11.2 Å². The van der Waals surface area contributed by atoms with Gasteiger partial charge in [-0.1, -0.05) is 22.0 Å². The van der Waals surface area contributed by atoms with Crippen molar-refractivity contribution in [3.63, 3.8) is 0 Å². The van der Waals surface area contributed by atoms with Gasteiger partial charge in [0, 0.05) is 36.6 Å². The van der Waals surface area contributed by atoms with Gasteiger partial charge in [-0.15, -0.1) is 0 Å². The highest BCUT2D eigenvalue weighted by atomic mass is 79.9. The second-order valence-electron chi connectivity index (χ2n) is 4.93. The second kappa shape index (κ2) is 6.48. The second-order valence-corrected chi connectivity index (χ2v) is 5.85. The van der Waals surface area contributed by atoms with Gasteiger partial charge in [-0.3, -0.25) is 4.79 Å². The number of piperazine rings is 1. The molecule has 1 aliphatic rings. The van der Waals surface area contributed by atoms with E-state index in [0.717, 1.165) is 24.1 Å². The molecule has 1 amide bonds. The summed E-state index contributed by atoms with van der Waals surface area (Å²) in [5.74, 6) is -0.147. The van der Waals surface area contributed by atoms with Gasteiger partial charge in [0.2, 0.25) is 5.91 Å². The quantitative estimate of drug-likeness (QED) is 0.923. The highest BCUT2D eigenvalue weighted by Crippen LogP contribution is 2.17. The third-order valence-electron chi connectivity index (χ3n) is 3.34. The summed E-state index contributed by atoms with van der Waals surface area (Å²) in [6.45, 7) is 4.38. The van der Waals surface area contributed by atoms with E-state index in [2.05, 4.69) is 28.2 Å². The molecule has 1 aliphatic heterocycles. The lowest BCUT2D eigenvalue weighted by molar-refractivity contribution is -0.132. The maximum atomic E-state index is 13.6. The fourth-order valence-corrected chi connectivity index (χ4v) is 2.62. The largest absolute Gasteiger partial charge is 0.340 e. The smallest absolute Gasteiger partial charge is 0.222 e. The fraction of sp³-hybridized carbons (Fsp3) is 0.500. The van der Waals surface area contributed by atoms with Gasteiger partial charge in [0.05, 0.1) is 0 Å². The highest BCUT2D eigenvalue weighted by molar-refractivity contribution is 9.10. The first kappa shape index (κ1) is 14.5. The molecule has 3 nitrogen and oxygen atoms in total. The molecule has 1 atom stereocenters. The van der Waals surface area contributed by atoms with Crippen molar-refractivity contribution in [3.8, 4) is 0 Å². The number of aryl methyl sites for hydroxylation is 1. The van der Waals surface area contributed by atoms with Crippen LogP contribution in [0, 0.1) is 5.82 Å². The third-order valence-corrected chi connectivity index (χ3v) is 3.84. The number of carbonyl (C=O) groups excluding carboxylic acids is 1. The molecule has 1 N–H and O–H groups in total. The highest BCUT2D eigenvalue weighted by Gasteiger charge is 2.20. The van der Waals surface area contributed by atoms with Crippen molar-refractivity contribution in [3.05, 3.63) is 34.1 Å². The van der Waals surface area contributed by atoms with Crippen LogP contribution in [0.2, 0.25) is 0 Å². The normalized spacial score (nSPS) is 19.5. The average Bonchev–Trinajstić information content (AvgIpc) is 2.37. The number of amides is 1. The van der Waals surface area contributed by atoms with E-state index in [1.807, 2.05) is 4.90 Å². The molecule has 0 radical (unpaired) electrons. The van der Waals surface area contributed by atoms with E-state index in [4.69, 9.17) is 0 Å². The number of halogens is 2. The molecule has 19 heavy (non-hydrogen) atoms. The van der Waals surface area contributed by atoms with Crippen molar-refractivity contribution < 1.29 is 9.18 Å². The van der Waals surface area contributed by atoms with Crippen LogP contribution in [-0.4, -0.2) is 36.5 Å². The van der Waals surface area contributed by atoms with E-state index in [-0.39, 0.29) is 11.7 Å². The summed E-state index contributed by atoms with van der Waals surface area (Å²) in [6.07, 6.45) is 0.821. The summed E-state index contributed by atoms with van der Waals surface area (Å²) >= 11 is 3.22. The molecule has 5 heteroatoms. The number of carbonyl (C=O) groups is 1. The van der Waals surface area contributed by atoms with Crippen molar-refractivity contribution >= 4 is 21.8 Å². The summed E-state index contributed by atoms with van der Waals surface area (Å²) in [7, 11) is 0. The van der Waals surface area contributed by atoms with Crippen LogP contribution in [0.15, 0.2) is 22.7 Å². The molecule has 1 aromatic carbocycles. The summed E-state index contributed by atoms with van der Waals surface area (Å²) < 4.78 is 14.4. The number of rotatable bonds is 3. The van der Waals surface area contributed by atoms with Gasteiger partial charge in [-0.05, 0) is 31.0 Å². The molecule has 0 aliphatic carbocycles. The van der Waals surface area contributed by atoms with Crippen LogP contribution in [0.3, 0.4) is 0 Å². The minimum atomic E-state index is -0.254. The number of benzene rings is 1. The Morgan fingerprint density at radius 3 is 3.05 bits per heavy atom. The van der Waals surface area contributed by atoms with Gasteiger partial charge in [-0.25, -0.2) is 4.39 Å². The van der Waals surface area contributed by atoms with Crippen molar-refractivity contribution in [2.24, 2.45) is 0 Å². The van der Waals surface area contributed by atoms with Gasteiger partial charge >= 0.3 is 0 Å². The fourth-order valence-electron chi connectivity index (χ4n) is 2.28. The van der Waals surface area contributed by atoms with Crippen LogP contribution in [0.25, 0.3) is 0 Å². The van der Waals surface area contributed by atoms with Gasteiger partial charge in [0.25, 0.3) is 0 Å². The van der Waals surface area contributed by atoms with E-state index in [1.165, 1.54) is 6.07 Å². The van der Waals surface area contributed by atoms with E-state index >= 15 is 0 Å². The van der Waals surface area contributed by atoms with Crippen LogP contribution in [0.4, 0.5) is 4.39 Å². The molecule has 0 unspecified atom stereocenters. The van der Waals surface area contributed by atoms with Crippen LogP contribution < -0.4 is 5.32 Å². The lowest BCUT2D eigenvalue weighted by Crippen LogP contribution is -2.51. The Balaban J connectivity index is 1.89. The molecule has 0 spiro atoms. The summed E-state index contributed by atoms with van der Waals surface area (Å²) in [5.41, 5.74) is 0.597. The first-order valence-corrected chi connectivity index (χ1v) is 7.30. The predicted octanol–water partition coefficient (Wildman–Crippen LogP) is 2.34. The van der Waals surface area contributed by atoms with E-state index in [0.29, 0.717) is 24.4 Å². The lowest BCUT2D eigenvalue weighted by Gasteiger charge is -2.32. The first-order valence-electron chi connectivity index (χ1n) is 6.51. The lowest BCUT2D eigenvalue weighted by atomic mass is 10.1. The van der Waals surface area contributed by atoms with Crippen molar-refractivity contribution in [1.82, 2.24) is 10.2 Å². The molecule has 1 fully saturated rings. The Morgan fingerprint density at radius 2 is 2.37 bits per heavy atom. The zero-order chi connectivity index (χ0) is 13.8. The van der Waals surface area contributed by atoms with E-state index < -0.39 is 0 Å². The maximum absolute atomic E-state index is 13.6. The minimum absolute atomic E-state index is 0.107. The van der Waals surface area contributed by atoms with E-state index in [1.54, 1.807) is 12.1 Å². The monoisotopic (exact) mass is 328 g/mol. The molecule has 1 heterocycles. The van der Waals surface area contributed by atoms with Gasteiger partial charge < -0.3 is 10.2 Å². The Morgan fingerprint density at radius 1 is 1.58 bits per heavy atom. The third kappa shape index (κ3) is 4.01. The van der Waals surface area contributed by atoms with E-state index in [9.17, 15) is 9.18 Å². The Bertz CT molecular complexity index is 467. The molecule has 104 valence electrons. The van der Waals surface area contributed by atoms with Gasteiger partial charge in [0.15, 0.2) is 0 Å². The zero-order valence-electron chi connectivity index (χ0n) is 11.0. The van der Waals surface area contributed by atoms with Crippen LogP contribution in [0.1, 0.15) is 18.9 Å². The molecular weight excluding hydrogens is 311 g/mol. The minimum Gasteiger partial charge on any atom is -0.340 e. The van der Waals surface area contributed by atoms with Gasteiger partial charge in [0.1, 0.15) is 5.82 Å². The number of hydrogen-bond acceptors (Lipinski definition) is 2. The number of hydrogen-bond donors (Lipinski definition) is 1. The topological polar surface area (TPSA) is 32.3 Å². The van der Waals surface area contributed by atoms with Crippen LogP contribution in [0.5, 0.6) is 0 Å². The molecule has 0 aromatic heterocycles. The summed E-state index contributed by atoms with van der Waals surface area (Å²) in [6, 6.07) is 5.30.